The number of hydrogen-bond acceptors (Lipinski definition) is 2. The lowest BCUT2D eigenvalue weighted by Crippen LogP contribution is -2.32. The number of carboxylic acid groups (broad SMARTS) is 1. The molecule has 0 atom stereocenters. The molecule has 1 saturated carbocycles. The Kier molecular flexibility index (Phi) is 6.14. The van der Waals surface area contributed by atoms with Gasteiger partial charge in [-0.2, -0.15) is 0 Å². The Labute approximate surface area is 101 Å². The van der Waals surface area contributed by atoms with Gasteiger partial charge in [-0.3, -0.25) is 4.79 Å². The number of amides is 2. The van der Waals surface area contributed by atoms with E-state index in [9.17, 15) is 9.59 Å². The molecular weight excluding hydrogens is 220 g/mol. The minimum absolute atomic E-state index is 0.194. The van der Waals surface area contributed by atoms with Crippen LogP contribution in [0.25, 0.3) is 0 Å². The Bertz CT molecular complexity index is 285. The van der Waals surface area contributed by atoms with Crippen molar-refractivity contribution >= 4 is 12.0 Å². The Morgan fingerprint density at radius 2 is 2.00 bits per heavy atom. The molecule has 1 aliphatic rings. The van der Waals surface area contributed by atoms with Crippen LogP contribution >= 0.6 is 0 Å². The van der Waals surface area contributed by atoms with Gasteiger partial charge in [0.05, 0.1) is 0 Å². The van der Waals surface area contributed by atoms with Gasteiger partial charge in [-0.05, 0) is 31.6 Å². The van der Waals surface area contributed by atoms with E-state index in [0.29, 0.717) is 18.9 Å². The lowest BCUT2D eigenvalue weighted by molar-refractivity contribution is -0.137. The van der Waals surface area contributed by atoms with Crippen LogP contribution < -0.4 is 10.6 Å². The zero-order chi connectivity index (χ0) is 12.5. The first-order valence-corrected chi connectivity index (χ1v) is 6.11. The van der Waals surface area contributed by atoms with Crippen LogP contribution in [0.2, 0.25) is 0 Å². The van der Waals surface area contributed by atoms with E-state index in [2.05, 4.69) is 10.6 Å². The molecule has 0 bridgehead atoms. The van der Waals surface area contributed by atoms with Crippen molar-refractivity contribution in [1.82, 2.24) is 10.6 Å². The molecule has 0 radical (unpaired) electrons. The fraction of sp³-hybridized carbons (Fsp3) is 0.667. The topological polar surface area (TPSA) is 78.4 Å². The van der Waals surface area contributed by atoms with Gasteiger partial charge in [0.2, 0.25) is 0 Å². The van der Waals surface area contributed by atoms with Gasteiger partial charge in [-0.25, -0.2) is 4.79 Å². The van der Waals surface area contributed by atoms with Gasteiger partial charge >= 0.3 is 12.0 Å². The molecule has 96 valence electrons. The van der Waals surface area contributed by atoms with E-state index in [1.807, 2.05) is 6.08 Å². The van der Waals surface area contributed by atoms with Crippen LogP contribution in [-0.4, -0.2) is 23.7 Å². The highest BCUT2D eigenvalue weighted by Crippen LogP contribution is 2.29. The van der Waals surface area contributed by atoms with Gasteiger partial charge < -0.3 is 15.7 Å². The van der Waals surface area contributed by atoms with Crippen LogP contribution in [0, 0.1) is 5.92 Å². The molecule has 17 heavy (non-hydrogen) atoms. The predicted molar refractivity (Wildman–Crippen MR) is 64.5 cm³/mol. The predicted octanol–water partition coefficient (Wildman–Crippen LogP) is 1.85. The number of carbonyl (C=O) groups is 2. The molecule has 0 aromatic rings. The lowest BCUT2D eigenvalue weighted by atomic mass is 10.2. The maximum atomic E-state index is 11.2. The third-order valence-electron chi connectivity index (χ3n) is 2.56. The van der Waals surface area contributed by atoms with Gasteiger partial charge in [-0.1, -0.05) is 12.5 Å². The van der Waals surface area contributed by atoms with Crippen molar-refractivity contribution in [3.05, 3.63) is 12.3 Å². The van der Waals surface area contributed by atoms with E-state index in [0.717, 1.165) is 12.8 Å². The highest BCUT2D eigenvalue weighted by Gasteiger charge is 2.16. The average Bonchev–Trinajstić information content (AvgIpc) is 3.06. The summed E-state index contributed by atoms with van der Waals surface area (Å²) in [5, 5.41) is 13.8. The van der Waals surface area contributed by atoms with E-state index in [1.165, 1.54) is 12.8 Å². The summed E-state index contributed by atoms with van der Waals surface area (Å²) in [6.07, 6.45) is 8.66. The normalized spacial score (nSPS) is 14.8. The summed E-state index contributed by atoms with van der Waals surface area (Å²) >= 11 is 0. The third-order valence-corrected chi connectivity index (χ3v) is 2.56. The summed E-state index contributed by atoms with van der Waals surface area (Å²) < 4.78 is 0. The molecule has 0 aromatic heterocycles. The molecule has 5 heteroatoms. The number of rotatable bonds is 8. The van der Waals surface area contributed by atoms with Crippen molar-refractivity contribution in [2.75, 3.05) is 6.54 Å². The molecule has 2 amide bonds. The van der Waals surface area contributed by atoms with Crippen molar-refractivity contribution in [2.24, 2.45) is 5.92 Å². The number of unbranched alkanes of at least 4 members (excludes halogenated alkanes) is 2. The van der Waals surface area contributed by atoms with Gasteiger partial charge in [0.25, 0.3) is 0 Å². The van der Waals surface area contributed by atoms with Crippen LogP contribution in [0.5, 0.6) is 0 Å². The van der Waals surface area contributed by atoms with Gasteiger partial charge in [-0.15, -0.1) is 0 Å². The number of hydrogen-bond donors (Lipinski definition) is 3. The standard InChI is InChI=1S/C12H20N2O3/c15-11(16)4-2-1-3-8-13-12(17)14-9-7-10-5-6-10/h7,9-10H,1-6,8H2,(H,15,16)(H2,13,14,17)/b9-7+. The zero-order valence-corrected chi connectivity index (χ0v) is 9.95. The van der Waals surface area contributed by atoms with Crippen LogP contribution in [0.3, 0.4) is 0 Å². The second kappa shape index (κ2) is 7.70. The van der Waals surface area contributed by atoms with Gasteiger partial charge in [0, 0.05) is 19.2 Å². The summed E-state index contributed by atoms with van der Waals surface area (Å²) in [7, 11) is 0. The average molecular weight is 240 g/mol. The molecule has 0 saturated heterocycles. The van der Waals surface area contributed by atoms with Crippen molar-refractivity contribution in [1.29, 1.82) is 0 Å². The maximum absolute atomic E-state index is 11.2. The summed E-state index contributed by atoms with van der Waals surface area (Å²) in [5.41, 5.74) is 0. The first-order valence-electron chi connectivity index (χ1n) is 6.11. The Morgan fingerprint density at radius 1 is 1.24 bits per heavy atom. The van der Waals surface area contributed by atoms with E-state index in [-0.39, 0.29) is 12.5 Å². The number of allylic oxidation sites excluding steroid dienone is 1. The van der Waals surface area contributed by atoms with Crippen LogP contribution in [0.15, 0.2) is 12.3 Å². The fourth-order valence-corrected chi connectivity index (χ4v) is 1.38. The smallest absolute Gasteiger partial charge is 0.318 e. The molecule has 0 unspecified atom stereocenters. The third kappa shape index (κ3) is 8.30. The van der Waals surface area contributed by atoms with Crippen molar-refractivity contribution in [3.63, 3.8) is 0 Å². The molecule has 3 N–H and O–H groups in total. The summed E-state index contributed by atoms with van der Waals surface area (Å²) in [6.45, 7) is 0.586. The van der Waals surface area contributed by atoms with Gasteiger partial charge in [0.15, 0.2) is 0 Å². The number of carbonyl (C=O) groups excluding carboxylic acids is 1. The van der Waals surface area contributed by atoms with E-state index < -0.39 is 5.97 Å². The maximum Gasteiger partial charge on any atom is 0.318 e. The molecule has 0 heterocycles. The highest BCUT2D eigenvalue weighted by atomic mass is 16.4. The minimum Gasteiger partial charge on any atom is -0.481 e. The van der Waals surface area contributed by atoms with Crippen molar-refractivity contribution in [2.45, 2.75) is 38.5 Å². The summed E-state index contributed by atoms with van der Waals surface area (Å²) in [4.78, 5) is 21.4. The molecule has 0 spiro atoms. The van der Waals surface area contributed by atoms with Crippen molar-refractivity contribution in [3.8, 4) is 0 Å². The minimum atomic E-state index is -0.763. The quantitative estimate of drug-likeness (QED) is 0.566. The van der Waals surface area contributed by atoms with Crippen LogP contribution in [-0.2, 0) is 4.79 Å². The molecule has 1 rings (SSSR count). The second-order valence-electron chi connectivity index (χ2n) is 4.30. The first kappa shape index (κ1) is 13.5. The number of urea groups is 1. The Morgan fingerprint density at radius 3 is 2.65 bits per heavy atom. The molecule has 5 nitrogen and oxygen atoms in total. The van der Waals surface area contributed by atoms with E-state index in [4.69, 9.17) is 5.11 Å². The highest BCUT2D eigenvalue weighted by molar-refractivity contribution is 5.74. The summed E-state index contributed by atoms with van der Waals surface area (Å²) in [5.74, 6) is -0.104. The molecule has 1 fully saturated rings. The lowest BCUT2D eigenvalue weighted by Gasteiger charge is -2.03. The first-order chi connectivity index (χ1) is 8.18. The number of carboxylic acids is 1. The van der Waals surface area contributed by atoms with E-state index >= 15 is 0 Å². The molecular formula is C12H20N2O3. The Hall–Kier alpha value is -1.52. The van der Waals surface area contributed by atoms with Crippen LogP contribution in [0.4, 0.5) is 4.79 Å². The second-order valence-corrected chi connectivity index (χ2v) is 4.30. The van der Waals surface area contributed by atoms with Gasteiger partial charge in [0.1, 0.15) is 0 Å². The van der Waals surface area contributed by atoms with Crippen molar-refractivity contribution < 1.29 is 14.7 Å². The molecule has 1 aliphatic carbocycles. The number of aliphatic carboxylic acids is 1. The largest absolute Gasteiger partial charge is 0.481 e. The fourth-order valence-electron chi connectivity index (χ4n) is 1.38. The molecule has 0 aliphatic heterocycles. The van der Waals surface area contributed by atoms with Crippen LogP contribution in [0.1, 0.15) is 38.5 Å². The zero-order valence-electron chi connectivity index (χ0n) is 9.95. The summed E-state index contributed by atoms with van der Waals surface area (Å²) in [6, 6.07) is -0.194. The number of nitrogens with one attached hydrogen (secondary N) is 2. The SMILES string of the molecule is O=C(O)CCCCCNC(=O)N/C=C/C1CC1. The molecule has 0 aromatic carbocycles. The van der Waals surface area contributed by atoms with E-state index in [1.54, 1.807) is 6.20 Å². The monoisotopic (exact) mass is 240 g/mol. The Balaban J connectivity index is 1.87.